The molecule has 0 atom stereocenters. The number of halogens is 2. The number of benzene rings is 1. The Morgan fingerprint density at radius 2 is 1.55 bits per heavy atom. The first-order valence-corrected chi connectivity index (χ1v) is 7.46. The zero-order valence-electron chi connectivity index (χ0n) is 12.0. The molecule has 114 valence electrons. The van der Waals surface area contributed by atoms with E-state index in [4.69, 9.17) is 0 Å². The molecule has 0 radical (unpaired) electrons. The molecule has 4 heteroatoms. The van der Waals surface area contributed by atoms with Crippen LogP contribution in [0.15, 0.2) is 24.3 Å². The maximum absolute atomic E-state index is 3.44. The van der Waals surface area contributed by atoms with Crippen LogP contribution in [-0.2, 0) is 6.42 Å². The SMILES string of the molecule is Cl.Cl.c1cc(N2CCCC2)ccc1CC1CCNCC1. The Balaban J connectivity index is 0.000001000. The van der Waals surface area contributed by atoms with Gasteiger partial charge in [0.2, 0.25) is 0 Å². The lowest BCUT2D eigenvalue weighted by molar-refractivity contribution is 0.372. The minimum absolute atomic E-state index is 0. The highest BCUT2D eigenvalue weighted by molar-refractivity contribution is 5.85. The van der Waals surface area contributed by atoms with Crippen molar-refractivity contribution in [1.82, 2.24) is 5.32 Å². The molecule has 1 N–H and O–H groups in total. The summed E-state index contributed by atoms with van der Waals surface area (Å²) in [6.07, 6.45) is 6.66. The summed E-state index contributed by atoms with van der Waals surface area (Å²) in [5.74, 6) is 0.892. The van der Waals surface area contributed by atoms with Gasteiger partial charge in [0.1, 0.15) is 0 Å². The molecule has 0 aliphatic carbocycles. The van der Waals surface area contributed by atoms with Gasteiger partial charge in [-0.1, -0.05) is 12.1 Å². The van der Waals surface area contributed by atoms with E-state index in [-0.39, 0.29) is 24.8 Å². The second-order valence-corrected chi connectivity index (χ2v) is 5.76. The van der Waals surface area contributed by atoms with Gasteiger partial charge in [-0.2, -0.15) is 0 Å². The van der Waals surface area contributed by atoms with Gasteiger partial charge in [-0.05, 0) is 68.8 Å². The molecular formula is C16H26Cl2N2. The Morgan fingerprint density at radius 1 is 0.950 bits per heavy atom. The molecule has 0 saturated carbocycles. The Labute approximate surface area is 135 Å². The van der Waals surface area contributed by atoms with Crippen molar-refractivity contribution in [3.63, 3.8) is 0 Å². The van der Waals surface area contributed by atoms with Crippen LogP contribution in [0, 0.1) is 5.92 Å². The first kappa shape index (κ1) is 17.6. The van der Waals surface area contributed by atoms with Crippen molar-refractivity contribution in [1.29, 1.82) is 0 Å². The van der Waals surface area contributed by atoms with Gasteiger partial charge in [-0.15, -0.1) is 24.8 Å². The van der Waals surface area contributed by atoms with Crippen LogP contribution in [-0.4, -0.2) is 26.2 Å². The molecule has 0 unspecified atom stereocenters. The molecule has 2 aliphatic rings. The summed E-state index contributed by atoms with van der Waals surface area (Å²) in [5.41, 5.74) is 2.94. The third-order valence-electron chi connectivity index (χ3n) is 4.39. The quantitative estimate of drug-likeness (QED) is 0.915. The van der Waals surface area contributed by atoms with Gasteiger partial charge in [0, 0.05) is 18.8 Å². The molecular weight excluding hydrogens is 291 g/mol. The van der Waals surface area contributed by atoms with Crippen molar-refractivity contribution in [2.75, 3.05) is 31.1 Å². The first-order valence-electron chi connectivity index (χ1n) is 7.46. The number of hydrogen-bond acceptors (Lipinski definition) is 2. The average molecular weight is 317 g/mol. The molecule has 1 aromatic rings. The number of piperidine rings is 1. The van der Waals surface area contributed by atoms with E-state index < -0.39 is 0 Å². The van der Waals surface area contributed by atoms with E-state index in [9.17, 15) is 0 Å². The second-order valence-electron chi connectivity index (χ2n) is 5.76. The maximum Gasteiger partial charge on any atom is 0.0366 e. The molecule has 1 aromatic carbocycles. The number of anilines is 1. The van der Waals surface area contributed by atoms with Crippen LogP contribution in [0.2, 0.25) is 0 Å². The molecule has 2 saturated heterocycles. The molecule has 2 aliphatic heterocycles. The molecule has 2 heterocycles. The molecule has 20 heavy (non-hydrogen) atoms. The summed E-state index contributed by atoms with van der Waals surface area (Å²) in [6, 6.07) is 9.33. The van der Waals surface area contributed by atoms with Crippen molar-refractivity contribution in [2.24, 2.45) is 5.92 Å². The lowest BCUT2D eigenvalue weighted by Crippen LogP contribution is -2.28. The predicted octanol–water partition coefficient (Wildman–Crippen LogP) is 3.67. The van der Waals surface area contributed by atoms with Crippen LogP contribution in [0.3, 0.4) is 0 Å². The van der Waals surface area contributed by atoms with E-state index in [1.165, 1.54) is 69.5 Å². The van der Waals surface area contributed by atoms with Crippen LogP contribution in [0.4, 0.5) is 5.69 Å². The Morgan fingerprint density at radius 3 is 2.15 bits per heavy atom. The van der Waals surface area contributed by atoms with E-state index in [1.807, 2.05) is 0 Å². The van der Waals surface area contributed by atoms with Crippen LogP contribution in [0.1, 0.15) is 31.2 Å². The van der Waals surface area contributed by atoms with E-state index in [0.29, 0.717) is 0 Å². The van der Waals surface area contributed by atoms with Crippen molar-refractivity contribution < 1.29 is 0 Å². The maximum atomic E-state index is 3.44. The van der Waals surface area contributed by atoms with Crippen LogP contribution < -0.4 is 10.2 Å². The number of hydrogen-bond donors (Lipinski definition) is 1. The number of rotatable bonds is 3. The Hall–Kier alpha value is -0.440. The third kappa shape index (κ3) is 4.54. The lowest BCUT2D eigenvalue weighted by atomic mass is 9.91. The predicted molar refractivity (Wildman–Crippen MR) is 91.7 cm³/mol. The lowest BCUT2D eigenvalue weighted by Gasteiger charge is -2.23. The summed E-state index contributed by atoms with van der Waals surface area (Å²) in [6.45, 7) is 4.90. The highest BCUT2D eigenvalue weighted by Gasteiger charge is 2.14. The zero-order chi connectivity index (χ0) is 12.2. The number of nitrogens with one attached hydrogen (secondary N) is 1. The van der Waals surface area contributed by atoms with Gasteiger partial charge in [-0.25, -0.2) is 0 Å². The Bertz CT molecular complexity index is 369. The molecule has 3 rings (SSSR count). The van der Waals surface area contributed by atoms with Crippen molar-refractivity contribution in [3.8, 4) is 0 Å². The van der Waals surface area contributed by atoms with Crippen LogP contribution in [0.5, 0.6) is 0 Å². The van der Waals surface area contributed by atoms with Crippen LogP contribution >= 0.6 is 24.8 Å². The fraction of sp³-hybridized carbons (Fsp3) is 0.625. The minimum Gasteiger partial charge on any atom is -0.372 e. The van der Waals surface area contributed by atoms with Gasteiger partial charge in [-0.3, -0.25) is 0 Å². The molecule has 2 fully saturated rings. The van der Waals surface area contributed by atoms with E-state index in [0.717, 1.165) is 5.92 Å². The molecule has 0 aromatic heterocycles. The second kappa shape index (κ2) is 8.76. The topological polar surface area (TPSA) is 15.3 Å². The summed E-state index contributed by atoms with van der Waals surface area (Å²) in [7, 11) is 0. The fourth-order valence-electron chi connectivity index (χ4n) is 3.24. The number of nitrogens with zero attached hydrogens (tertiary/aromatic N) is 1. The average Bonchev–Trinajstić information content (AvgIpc) is 2.95. The highest BCUT2D eigenvalue weighted by atomic mass is 35.5. The fourth-order valence-corrected chi connectivity index (χ4v) is 3.24. The van der Waals surface area contributed by atoms with E-state index >= 15 is 0 Å². The third-order valence-corrected chi connectivity index (χ3v) is 4.39. The zero-order valence-corrected chi connectivity index (χ0v) is 13.6. The van der Waals surface area contributed by atoms with Gasteiger partial charge >= 0.3 is 0 Å². The summed E-state index contributed by atoms with van der Waals surface area (Å²) in [5, 5.41) is 3.44. The monoisotopic (exact) mass is 316 g/mol. The van der Waals surface area contributed by atoms with Gasteiger partial charge < -0.3 is 10.2 Å². The summed E-state index contributed by atoms with van der Waals surface area (Å²) in [4.78, 5) is 2.51. The van der Waals surface area contributed by atoms with Crippen molar-refractivity contribution in [3.05, 3.63) is 29.8 Å². The minimum atomic E-state index is 0. The van der Waals surface area contributed by atoms with Gasteiger partial charge in [0.15, 0.2) is 0 Å². The summed E-state index contributed by atoms with van der Waals surface area (Å²) < 4.78 is 0. The smallest absolute Gasteiger partial charge is 0.0366 e. The molecule has 0 amide bonds. The summed E-state index contributed by atoms with van der Waals surface area (Å²) >= 11 is 0. The van der Waals surface area contributed by atoms with Crippen molar-refractivity contribution >= 4 is 30.5 Å². The molecule has 2 nitrogen and oxygen atoms in total. The van der Waals surface area contributed by atoms with Gasteiger partial charge in [0.05, 0.1) is 0 Å². The van der Waals surface area contributed by atoms with Crippen molar-refractivity contribution in [2.45, 2.75) is 32.1 Å². The van der Waals surface area contributed by atoms with Gasteiger partial charge in [0.25, 0.3) is 0 Å². The standard InChI is InChI=1S/C16H24N2.2ClH/c1-2-12-18(11-1)16-5-3-14(4-6-16)13-15-7-9-17-10-8-15;;/h3-6,15,17H,1-2,7-13H2;2*1H. The molecule has 0 spiro atoms. The largest absolute Gasteiger partial charge is 0.372 e. The van der Waals surface area contributed by atoms with E-state index in [2.05, 4.69) is 34.5 Å². The Kier molecular flexibility index (Phi) is 7.71. The van der Waals surface area contributed by atoms with E-state index in [1.54, 1.807) is 0 Å². The molecule has 0 bridgehead atoms. The van der Waals surface area contributed by atoms with Crippen LogP contribution in [0.25, 0.3) is 0 Å². The first-order chi connectivity index (χ1) is 8.92. The normalized spacial score (nSPS) is 19.3. The highest BCUT2D eigenvalue weighted by Crippen LogP contribution is 2.23.